The maximum absolute atomic E-state index is 11.2. The number of ether oxygens (including phenoxy) is 1. The van der Waals surface area contributed by atoms with Gasteiger partial charge in [-0.05, 0) is 12.8 Å². The van der Waals surface area contributed by atoms with E-state index in [1.54, 1.807) is 7.11 Å². The van der Waals surface area contributed by atoms with Gasteiger partial charge in [0.15, 0.2) is 0 Å². The van der Waals surface area contributed by atoms with Gasteiger partial charge in [-0.25, -0.2) is 0 Å². The van der Waals surface area contributed by atoms with E-state index >= 15 is 0 Å². The first-order valence-corrected chi connectivity index (χ1v) is 5.88. The van der Waals surface area contributed by atoms with Gasteiger partial charge < -0.3 is 20.5 Å². The van der Waals surface area contributed by atoms with Gasteiger partial charge >= 0.3 is 0 Å². The molecule has 0 aromatic carbocycles. The van der Waals surface area contributed by atoms with Crippen LogP contribution in [0.3, 0.4) is 0 Å². The summed E-state index contributed by atoms with van der Waals surface area (Å²) < 4.78 is 4.85. The van der Waals surface area contributed by atoms with E-state index in [1.165, 1.54) is 0 Å². The number of rotatable bonds is 11. The molecule has 5 heteroatoms. The normalized spacial score (nSPS) is 10.4. The molecular weight excluding hydrogens is 208 g/mol. The minimum absolute atomic E-state index is 0.0262. The van der Waals surface area contributed by atoms with Crippen LogP contribution in [0.25, 0.3) is 0 Å². The Labute approximate surface area is 97.6 Å². The van der Waals surface area contributed by atoms with Crippen LogP contribution in [0.5, 0.6) is 0 Å². The van der Waals surface area contributed by atoms with E-state index in [0.717, 1.165) is 32.2 Å². The Balaban J connectivity index is 3.11. The van der Waals surface area contributed by atoms with E-state index in [2.05, 4.69) is 10.6 Å². The number of carbonyl (C=O) groups is 1. The molecule has 1 amide bonds. The van der Waals surface area contributed by atoms with Gasteiger partial charge in [-0.1, -0.05) is 12.8 Å². The molecule has 0 unspecified atom stereocenters. The number of aliphatic hydroxyl groups is 1. The second-order valence-electron chi connectivity index (χ2n) is 3.66. The smallest absolute Gasteiger partial charge is 0.233 e. The minimum atomic E-state index is 0.0262. The monoisotopic (exact) mass is 232 g/mol. The molecule has 16 heavy (non-hydrogen) atoms. The number of aliphatic hydroxyl groups excluding tert-OH is 1. The second-order valence-corrected chi connectivity index (χ2v) is 3.66. The SMILES string of the molecule is COCCNCC(=O)NCCCCCCO. The predicted octanol–water partition coefficient (Wildman–Crippen LogP) is -0.109. The first kappa shape index (κ1) is 15.3. The molecule has 0 rings (SSSR count). The summed E-state index contributed by atoms with van der Waals surface area (Å²) in [7, 11) is 1.63. The predicted molar refractivity (Wildman–Crippen MR) is 63.3 cm³/mol. The second kappa shape index (κ2) is 12.4. The van der Waals surface area contributed by atoms with Crippen LogP contribution in [-0.2, 0) is 9.53 Å². The highest BCUT2D eigenvalue weighted by Crippen LogP contribution is 1.97. The molecular formula is C11H24N2O3. The molecule has 0 aliphatic rings. The quantitative estimate of drug-likeness (QED) is 0.435. The van der Waals surface area contributed by atoms with E-state index in [-0.39, 0.29) is 12.5 Å². The van der Waals surface area contributed by atoms with Crippen LogP contribution in [0, 0.1) is 0 Å². The lowest BCUT2D eigenvalue weighted by molar-refractivity contribution is -0.120. The van der Waals surface area contributed by atoms with Gasteiger partial charge in [-0.15, -0.1) is 0 Å². The Hall–Kier alpha value is -0.650. The van der Waals surface area contributed by atoms with Crippen LogP contribution in [0.2, 0.25) is 0 Å². The number of hydrogen-bond acceptors (Lipinski definition) is 4. The van der Waals surface area contributed by atoms with Gasteiger partial charge in [0.1, 0.15) is 0 Å². The molecule has 0 saturated heterocycles. The fourth-order valence-corrected chi connectivity index (χ4v) is 1.26. The van der Waals surface area contributed by atoms with E-state index in [9.17, 15) is 4.79 Å². The molecule has 0 aromatic heterocycles. The van der Waals surface area contributed by atoms with E-state index in [1.807, 2.05) is 0 Å². The molecule has 0 heterocycles. The third kappa shape index (κ3) is 11.4. The molecule has 0 aliphatic carbocycles. The van der Waals surface area contributed by atoms with Crippen molar-refractivity contribution in [3.63, 3.8) is 0 Å². The molecule has 5 nitrogen and oxygen atoms in total. The van der Waals surface area contributed by atoms with Gasteiger partial charge in [0.25, 0.3) is 0 Å². The third-order valence-electron chi connectivity index (χ3n) is 2.18. The number of carbonyl (C=O) groups excluding carboxylic acids is 1. The van der Waals surface area contributed by atoms with Crippen LogP contribution in [0.15, 0.2) is 0 Å². The van der Waals surface area contributed by atoms with Gasteiger partial charge in [0, 0.05) is 26.8 Å². The van der Waals surface area contributed by atoms with Crippen molar-refractivity contribution in [2.45, 2.75) is 25.7 Å². The highest BCUT2D eigenvalue weighted by atomic mass is 16.5. The summed E-state index contributed by atoms with van der Waals surface area (Å²) >= 11 is 0. The number of nitrogens with one attached hydrogen (secondary N) is 2. The van der Waals surface area contributed by atoms with Crippen LogP contribution >= 0.6 is 0 Å². The van der Waals surface area contributed by atoms with Crippen LogP contribution < -0.4 is 10.6 Å². The zero-order valence-electron chi connectivity index (χ0n) is 10.1. The van der Waals surface area contributed by atoms with Crippen molar-refractivity contribution in [1.82, 2.24) is 10.6 Å². The molecule has 0 aliphatic heterocycles. The molecule has 0 saturated carbocycles. The lowest BCUT2D eigenvalue weighted by Crippen LogP contribution is -2.35. The molecule has 0 atom stereocenters. The third-order valence-corrected chi connectivity index (χ3v) is 2.18. The van der Waals surface area contributed by atoms with Gasteiger partial charge in [0.05, 0.1) is 13.2 Å². The summed E-state index contributed by atoms with van der Waals surface area (Å²) in [4.78, 5) is 11.2. The minimum Gasteiger partial charge on any atom is -0.396 e. The molecule has 3 N–H and O–H groups in total. The van der Waals surface area contributed by atoms with Gasteiger partial charge in [0.2, 0.25) is 5.91 Å². The Kier molecular flexibility index (Phi) is 11.9. The number of unbranched alkanes of at least 4 members (excludes halogenated alkanes) is 3. The maximum atomic E-state index is 11.2. The molecule has 0 radical (unpaired) electrons. The maximum Gasteiger partial charge on any atom is 0.233 e. The Bertz CT molecular complexity index is 165. The summed E-state index contributed by atoms with van der Waals surface area (Å²) in [6.07, 6.45) is 3.91. The first-order valence-electron chi connectivity index (χ1n) is 5.88. The van der Waals surface area contributed by atoms with Crippen molar-refractivity contribution in [2.24, 2.45) is 0 Å². The van der Waals surface area contributed by atoms with E-state index in [4.69, 9.17) is 9.84 Å². The fourth-order valence-electron chi connectivity index (χ4n) is 1.26. The average molecular weight is 232 g/mol. The standard InChI is InChI=1S/C11H24N2O3/c1-16-9-7-12-10-11(15)13-6-4-2-3-5-8-14/h12,14H,2-10H2,1H3,(H,13,15). The van der Waals surface area contributed by atoms with Crippen molar-refractivity contribution >= 4 is 5.91 Å². The Morgan fingerprint density at radius 2 is 1.94 bits per heavy atom. The summed E-state index contributed by atoms with van der Waals surface area (Å²) in [5, 5.41) is 14.4. The lowest BCUT2D eigenvalue weighted by atomic mass is 10.2. The molecule has 96 valence electrons. The molecule has 0 spiro atoms. The van der Waals surface area contributed by atoms with Crippen molar-refractivity contribution in [3.8, 4) is 0 Å². The number of methoxy groups -OCH3 is 1. The van der Waals surface area contributed by atoms with Crippen molar-refractivity contribution < 1.29 is 14.6 Å². The average Bonchev–Trinajstić information content (AvgIpc) is 2.29. The summed E-state index contributed by atoms with van der Waals surface area (Å²) in [6.45, 7) is 2.64. The van der Waals surface area contributed by atoms with Crippen LogP contribution in [-0.4, -0.2) is 51.0 Å². The fraction of sp³-hybridized carbons (Fsp3) is 0.909. The Morgan fingerprint density at radius 3 is 2.62 bits per heavy atom. The number of hydrogen-bond donors (Lipinski definition) is 3. The lowest BCUT2D eigenvalue weighted by Gasteiger charge is -2.06. The largest absolute Gasteiger partial charge is 0.396 e. The zero-order valence-corrected chi connectivity index (χ0v) is 10.1. The van der Waals surface area contributed by atoms with Crippen LogP contribution in [0.1, 0.15) is 25.7 Å². The van der Waals surface area contributed by atoms with Crippen molar-refractivity contribution in [1.29, 1.82) is 0 Å². The highest BCUT2D eigenvalue weighted by molar-refractivity contribution is 5.77. The topological polar surface area (TPSA) is 70.6 Å². The molecule has 0 aromatic rings. The van der Waals surface area contributed by atoms with Crippen molar-refractivity contribution in [2.75, 3.05) is 40.0 Å². The Morgan fingerprint density at radius 1 is 1.19 bits per heavy atom. The summed E-state index contributed by atoms with van der Waals surface area (Å²) in [6, 6.07) is 0. The van der Waals surface area contributed by atoms with Gasteiger partial charge in [-0.3, -0.25) is 4.79 Å². The van der Waals surface area contributed by atoms with Crippen LogP contribution in [0.4, 0.5) is 0 Å². The summed E-state index contributed by atoms with van der Waals surface area (Å²) in [5.41, 5.74) is 0. The van der Waals surface area contributed by atoms with E-state index < -0.39 is 0 Å². The van der Waals surface area contributed by atoms with Crippen molar-refractivity contribution in [3.05, 3.63) is 0 Å². The molecule has 0 bridgehead atoms. The number of amides is 1. The summed E-state index contributed by atoms with van der Waals surface area (Å²) in [5.74, 6) is 0.0262. The van der Waals surface area contributed by atoms with Gasteiger partial charge in [-0.2, -0.15) is 0 Å². The zero-order chi connectivity index (χ0) is 12.1. The molecule has 0 fully saturated rings. The van der Waals surface area contributed by atoms with E-state index in [0.29, 0.717) is 19.7 Å². The first-order chi connectivity index (χ1) is 7.81. The highest BCUT2D eigenvalue weighted by Gasteiger charge is 1.98.